The minimum absolute atomic E-state index is 0.0426. The van der Waals surface area contributed by atoms with Gasteiger partial charge < -0.3 is 16.0 Å². The van der Waals surface area contributed by atoms with Crippen molar-refractivity contribution in [1.29, 1.82) is 0 Å². The topological polar surface area (TPSA) is 104 Å². The minimum atomic E-state index is -0.851. The van der Waals surface area contributed by atoms with E-state index < -0.39 is 29.9 Å². The second-order valence-electron chi connectivity index (χ2n) is 9.43. The summed E-state index contributed by atoms with van der Waals surface area (Å²) in [5, 5.41) is 8.25. The van der Waals surface area contributed by atoms with Crippen LogP contribution in [0, 0.1) is 5.92 Å². The molecule has 0 aliphatic carbocycles. The Balaban J connectivity index is 1.85. The average molecular weight is 494 g/mol. The normalized spacial score (nSPS) is 13.4. The van der Waals surface area contributed by atoms with E-state index >= 15 is 0 Å². The molecule has 2 rings (SSSR count). The summed E-state index contributed by atoms with van der Waals surface area (Å²) in [6, 6.07) is 17.2. The molecule has 0 heterocycles. The van der Waals surface area contributed by atoms with Gasteiger partial charge in [-0.25, -0.2) is 0 Å². The summed E-state index contributed by atoms with van der Waals surface area (Å²) in [5.74, 6) is -1.28. The van der Waals surface area contributed by atoms with Gasteiger partial charge in [-0.2, -0.15) is 0 Å². The van der Waals surface area contributed by atoms with Gasteiger partial charge in [-0.05, 0) is 43.2 Å². The third-order valence-corrected chi connectivity index (χ3v) is 6.12. The lowest BCUT2D eigenvalue weighted by molar-refractivity contribution is -0.133. The summed E-state index contributed by atoms with van der Waals surface area (Å²) in [7, 11) is 0. The van der Waals surface area contributed by atoms with Gasteiger partial charge in [0.05, 0.1) is 6.04 Å². The molecule has 0 saturated carbocycles. The summed E-state index contributed by atoms with van der Waals surface area (Å²) >= 11 is 0. The number of nitrogens with one attached hydrogen (secondary N) is 3. The van der Waals surface area contributed by atoms with Gasteiger partial charge in [-0.3, -0.25) is 19.2 Å². The van der Waals surface area contributed by atoms with Crippen LogP contribution < -0.4 is 16.0 Å². The first-order chi connectivity index (χ1) is 17.2. The maximum Gasteiger partial charge on any atom is 0.243 e. The van der Waals surface area contributed by atoms with Crippen molar-refractivity contribution in [2.75, 3.05) is 0 Å². The first kappa shape index (κ1) is 28.8. The second-order valence-corrected chi connectivity index (χ2v) is 9.43. The molecule has 194 valence electrons. The number of benzene rings is 2. The molecule has 36 heavy (non-hydrogen) atoms. The van der Waals surface area contributed by atoms with Crippen LogP contribution in [0.3, 0.4) is 0 Å². The van der Waals surface area contributed by atoms with Gasteiger partial charge in [-0.1, -0.05) is 81.4 Å². The molecule has 2 aromatic carbocycles. The summed E-state index contributed by atoms with van der Waals surface area (Å²) in [5.41, 5.74) is 2.12. The second kappa shape index (κ2) is 14.8. The van der Waals surface area contributed by atoms with Crippen molar-refractivity contribution in [1.82, 2.24) is 16.0 Å². The number of aryl methyl sites for hydroxylation is 2. The Hall–Kier alpha value is -3.48. The Morgan fingerprint density at radius 3 is 1.72 bits per heavy atom. The van der Waals surface area contributed by atoms with Crippen LogP contribution in [0.25, 0.3) is 0 Å². The van der Waals surface area contributed by atoms with E-state index in [4.69, 9.17) is 0 Å². The minimum Gasteiger partial charge on any atom is -0.345 e. The number of hydrogen-bond donors (Lipinski definition) is 3. The molecular formula is C29H39N3O4. The Bertz CT molecular complexity index is 992. The van der Waals surface area contributed by atoms with Crippen LogP contribution in [0.15, 0.2) is 60.7 Å². The number of hydrogen-bond acceptors (Lipinski definition) is 4. The Morgan fingerprint density at radius 2 is 1.22 bits per heavy atom. The molecule has 2 aromatic rings. The van der Waals surface area contributed by atoms with Crippen molar-refractivity contribution in [3.63, 3.8) is 0 Å². The van der Waals surface area contributed by atoms with Gasteiger partial charge in [0, 0.05) is 12.8 Å². The molecule has 0 radical (unpaired) electrons. The lowest BCUT2D eigenvalue weighted by Gasteiger charge is -2.25. The molecule has 7 heteroatoms. The Labute approximate surface area is 214 Å². The number of carbonyl (C=O) groups excluding carboxylic acids is 4. The highest BCUT2D eigenvalue weighted by atomic mass is 16.2. The third kappa shape index (κ3) is 9.64. The zero-order valence-corrected chi connectivity index (χ0v) is 21.8. The van der Waals surface area contributed by atoms with Crippen LogP contribution in [-0.2, 0) is 32.0 Å². The Kier molecular flexibility index (Phi) is 11.8. The van der Waals surface area contributed by atoms with Gasteiger partial charge >= 0.3 is 0 Å². The highest BCUT2D eigenvalue weighted by Crippen LogP contribution is 2.08. The summed E-state index contributed by atoms with van der Waals surface area (Å²) in [4.78, 5) is 50.8. The summed E-state index contributed by atoms with van der Waals surface area (Å²) in [6.45, 7) is 7.09. The standard InChI is InChI=1S/C29H39N3O4/c1-5-24(25(33)18-16-22-12-8-6-9-13-22)31-28(35)21(4)30-29(36)27(20(2)3)32-26(34)19-17-23-14-10-7-11-15-23/h6-15,20-21,24,27H,5,16-19H2,1-4H3,(H,30,36)(H,31,35)(H,32,34)/t21-,24?,27-/m0/s1. The lowest BCUT2D eigenvalue weighted by Crippen LogP contribution is -2.56. The third-order valence-electron chi connectivity index (χ3n) is 6.12. The average Bonchev–Trinajstić information content (AvgIpc) is 2.88. The van der Waals surface area contributed by atoms with Crippen LogP contribution in [0.5, 0.6) is 0 Å². The molecule has 3 atom stereocenters. The predicted octanol–water partition coefficient (Wildman–Crippen LogP) is 3.36. The molecule has 0 bridgehead atoms. The smallest absolute Gasteiger partial charge is 0.243 e. The summed E-state index contributed by atoms with van der Waals surface area (Å²) in [6.07, 6.45) is 2.24. The maximum absolute atomic E-state index is 12.9. The highest BCUT2D eigenvalue weighted by molar-refractivity contribution is 5.94. The van der Waals surface area contributed by atoms with Crippen LogP contribution in [0.1, 0.15) is 58.1 Å². The number of rotatable bonds is 14. The lowest BCUT2D eigenvalue weighted by atomic mass is 10.0. The zero-order valence-electron chi connectivity index (χ0n) is 21.8. The Morgan fingerprint density at radius 1 is 0.694 bits per heavy atom. The zero-order chi connectivity index (χ0) is 26.5. The molecular weight excluding hydrogens is 454 g/mol. The highest BCUT2D eigenvalue weighted by Gasteiger charge is 2.28. The van der Waals surface area contributed by atoms with E-state index in [-0.39, 0.29) is 24.0 Å². The van der Waals surface area contributed by atoms with E-state index in [1.54, 1.807) is 6.92 Å². The molecule has 1 unspecified atom stereocenters. The van der Waals surface area contributed by atoms with Gasteiger partial charge in [0.15, 0.2) is 5.78 Å². The quantitative estimate of drug-likeness (QED) is 0.375. The SMILES string of the molecule is CCC(NC(=O)[C@H](C)NC(=O)[C@@H](NC(=O)CCc1ccccc1)C(C)C)C(=O)CCc1ccccc1. The first-order valence-corrected chi connectivity index (χ1v) is 12.7. The molecule has 0 saturated heterocycles. The van der Waals surface area contributed by atoms with Crippen LogP contribution in [-0.4, -0.2) is 41.6 Å². The molecule has 3 amide bonds. The first-order valence-electron chi connectivity index (χ1n) is 12.7. The van der Waals surface area contributed by atoms with E-state index in [2.05, 4.69) is 16.0 Å². The van der Waals surface area contributed by atoms with E-state index in [1.165, 1.54) is 0 Å². The fraction of sp³-hybridized carbons (Fsp3) is 0.448. The molecule has 0 aromatic heterocycles. The maximum atomic E-state index is 12.9. The van der Waals surface area contributed by atoms with Crippen molar-refractivity contribution >= 4 is 23.5 Å². The van der Waals surface area contributed by atoms with Gasteiger partial charge in [-0.15, -0.1) is 0 Å². The number of amides is 3. The molecule has 0 aliphatic heterocycles. The molecule has 0 aliphatic rings. The van der Waals surface area contributed by atoms with Crippen LogP contribution in [0.4, 0.5) is 0 Å². The summed E-state index contributed by atoms with van der Waals surface area (Å²) < 4.78 is 0. The van der Waals surface area contributed by atoms with Crippen LogP contribution in [0.2, 0.25) is 0 Å². The predicted molar refractivity (Wildman–Crippen MR) is 141 cm³/mol. The largest absolute Gasteiger partial charge is 0.345 e. The van der Waals surface area contributed by atoms with Crippen molar-refractivity contribution in [3.8, 4) is 0 Å². The van der Waals surface area contributed by atoms with E-state index in [0.717, 1.165) is 11.1 Å². The van der Waals surface area contributed by atoms with E-state index in [1.807, 2.05) is 81.4 Å². The van der Waals surface area contributed by atoms with Crippen molar-refractivity contribution in [2.24, 2.45) is 5.92 Å². The van der Waals surface area contributed by atoms with Crippen molar-refractivity contribution in [2.45, 2.75) is 77.9 Å². The van der Waals surface area contributed by atoms with Crippen LogP contribution >= 0.6 is 0 Å². The fourth-order valence-corrected chi connectivity index (χ4v) is 3.85. The fourth-order valence-electron chi connectivity index (χ4n) is 3.85. The van der Waals surface area contributed by atoms with Gasteiger partial charge in [0.25, 0.3) is 0 Å². The number of ketones is 1. The van der Waals surface area contributed by atoms with E-state index in [0.29, 0.717) is 25.7 Å². The van der Waals surface area contributed by atoms with Crippen molar-refractivity contribution < 1.29 is 19.2 Å². The van der Waals surface area contributed by atoms with Gasteiger partial charge in [0.2, 0.25) is 17.7 Å². The molecule has 3 N–H and O–H groups in total. The van der Waals surface area contributed by atoms with Crippen molar-refractivity contribution in [3.05, 3.63) is 71.8 Å². The molecule has 0 spiro atoms. The number of carbonyl (C=O) groups is 4. The molecule has 7 nitrogen and oxygen atoms in total. The molecule has 0 fully saturated rings. The van der Waals surface area contributed by atoms with E-state index in [9.17, 15) is 19.2 Å². The monoisotopic (exact) mass is 493 g/mol. The number of Topliss-reactive ketones (excluding diaryl/α,β-unsaturated/α-hetero) is 1. The van der Waals surface area contributed by atoms with Gasteiger partial charge in [0.1, 0.15) is 12.1 Å².